The number of carboxylic acids is 1. The maximum absolute atomic E-state index is 12.4. The molecule has 1 saturated heterocycles. The number of fused-ring (bicyclic) bond motifs is 1. The fourth-order valence-electron chi connectivity index (χ4n) is 3.52. The predicted octanol–water partition coefficient (Wildman–Crippen LogP) is 0.933. The molecule has 3 rings (SSSR count). The highest BCUT2D eigenvalue weighted by Gasteiger charge is 2.47. The first-order valence-electron chi connectivity index (χ1n) is 7.81. The number of carbonyl (C=O) groups is 3. The minimum atomic E-state index is -0.895. The second kappa shape index (κ2) is 6.02. The van der Waals surface area contributed by atoms with E-state index in [0.717, 1.165) is 11.1 Å². The molecule has 6 heteroatoms. The largest absolute Gasteiger partial charge is 0.481 e. The van der Waals surface area contributed by atoms with Crippen molar-refractivity contribution in [2.45, 2.75) is 32.4 Å². The van der Waals surface area contributed by atoms with E-state index in [4.69, 9.17) is 0 Å². The van der Waals surface area contributed by atoms with Crippen molar-refractivity contribution < 1.29 is 19.5 Å². The van der Waals surface area contributed by atoms with Crippen LogP contribution in [0.5, 0.6) is 0 Å². The number of benzene rings is 1. The average Bonchev–Trinajstić information content (AvgIpc) is 2.93. The molecule has 0 spiro atoms. The Morgan fingerprint density at radius 1 is 1.26 bits per heavy atom. The molecular weight excluding hydrogens is 296 g/mol. The second-order valence-electron chi connectivity index (χ2n) is 6.41. The number of nitrogens with zero attached hydrogens (tertiary/aromatic N) is 1. The predicted molar refractivity (Wildman–Crippen MR) is 82.4 cm³/mol. The number of aliphatic carboxylic acids is 1. The van der Waals surface area contributed by atoms with Gasteiger partial charge in [0, 0.05) is 12.6 Å². The number of aryl methyl sites for hydroxylation is 1. The molecular formula is C17H20N2O4. The molecule has 3 unspecified atom stereocenters. The highest BCUT2D eigenvalue weighted by Crippen LogP contribution is 2.37. The first-order chi connectivity index (χ1) is 11.0. The first-order valence-corrected chi connectivity index (χ1v) is 7.81. The Morgan fingerprint density at radius 3 is 2.61 bits per heavy atom. The molecule has 1 heterocycles. The van der Waals surface area contributed by atoms with Crippen LogP contribution in [0.1, 0.15) is 24.0 Å². The van der Waals surface area contributed by atoms with E-state index in [0.29, 0.717) is 19.4 Å². The summed E-state index contributed by atoms with van der Waals surface area (Å²) < 4.78 is 0. The molecule has 1 saturated carbocycles. The maximum Gasteiger partial charge on any atom is 0.306 e. The van der Waals surface area contributed by atoms with Gasteiger partial charge in [0.25, 0.3) is 0 Å². The van der Waals surface area contributed by atoms with E-state index in [9.17, 15) is 19.5 Å². The topological polar surface area (TPSA) is 86.7 Å². The quantitative estimate of drug-likeness (QED) is 0.868. The normalized spacial score (nSPS) is 27.3. The van der Waals surface area contributed by atoms with E-state index in [1.807, 2.05) is 31.2 Å². The summed E-state index contributed by atoms with van der Waals surface area (Å²) in [7, 11) is 0. The van der Waals surface area contributed by atoms with Crippen molar-refractivity contribution >= 4 is 17.8 Å². The molecule has 1 aromatic rings. The van der Waals surface area contributed by atoms with E-state index in [1.165, 1.54) is 0 Å². The van der Waals surface area contributed by atoms with Gasteiger partial charge < -0.3 is 15.3 Å². The van der Waals surface area contributed by atoms with Gasteiger partial charge in [-0.15, -0.1) is 0 Å². The van der Waals surface area contributed by atoms with Crippen molar-refractivity contribution in [1.29, 1.82) is 0 Å². The smallest absolute Gasteiger partial charge is 0.306 e. The van der Waals surface area contributed by atoms with Crippen LogP contribution in [0.4, 0.5) is 0 Å². The van der Waals surface area contributed by atoms with Crippen molar-refractivity contribution in [2.75, 3.05) is 6.54 Å². The van der Waals surface area contributed by atoms with Gasteiger partial charge >= 0.3 is 5.97 Å². The minimum absolute atomic E-state index is 0.0184. The number of nitrogens with one attached hydrogen (secondary N) is 1. The first kappa shape index (κ1) is 15.5. The van der Waals surface area contributed by atoms with Gasteiger partial charge in [-0.3, -0.25) is 14.4 Å². The SMILES string of the molecule is Cc1ccc(CN2C(=O)CNC(=O)C3CC(C(=O)O)CC32)cc1. The van der Waals surface area contributed by atoms with Crippen LogP contribution in [0.25, 0.3) is 0 Å². The standard InChI is InChI=1S/C17H20N2O4/c1-10-2-4-11(5-3-10)9-19-14-7-12(17(22)23)6-13(14)16(21)18-8-15(19)20/h2-5,12-14H,6-9H2,1H3,(H,18,21)(H,22,23). The van der Waals surface area contributed by atoms with Crippen LogP contribution in [-0.2, 0) is 20.9 Å². The summed E-state index contributed by atoms with van der Waals surface area (Å²) in [5, 5.41) is 11.9. The highest BCUT2D eigenvalue weighted by atomic mass is 16.4. The third-order valence-electron chi connectivity index (χ3n) is 4.82. The zero-order valence-electron chi connectivity index (χ0n) is 13.0. The molecule has 3 atom stereocenters. The second-order valence-corrected chi connectivity index (χ2v) is 6.41. The third-order valence-corrected chi connectivity index (χ3v) is 4.82. The zero-order chi connectivity index (χ0) is 16.6. The molecule has 0 aromatic heterocycles. The van der Waals surface area contributed by atoms with Crippen molar-refractivity contribution in [3.63, 3.8) is 0 Å². The number of carbonyl (C=O) groups excluding carboxylic acids is 2. The monoisotopic (exact) mass is 316 g/mol. The lowest BCUT2D eigenvalue weighted by molar-refractivity contribution is -0.142. The maximum atomic E-state index is 12.4. The van der Waals surface area contributed by atoms with Gasteiger partial charge in [-0.25, -0.2) is 0 Å². The Labute approximate surface area is 134 Å². The van der Waals surface area contributed by atoms with Crippen molar-refractivity contribution in [3.8, 4) is 0 Å². The van der Waals surface area contributed by atoms with Crippen LogP contribution in [0, 0.1) is 18.8 Å². The summed E-state index contributed by atoms with van der Waals surface area (Å²) in [4.78, 5) is 37.5. The Bertz CT molecular complexity index is 640. The van der Waals surface area contributed by atoms with Crippen LogP contribution in [-0.4, -0.2) is 40.4 Å². The number of carboxylic acid groups (broad SMARTS) is 1. The summed E-state index contributed by atoms with van der Waals surface area (Å²) in [5.41, 5.74) is 2.12. The molecule has 0 radical (unpaired) electrons. The van der Waals surface area contributed by atoms with Gasteiger partial charge in [-0.05, 0) is 25.3 Å². The summed E-state index contributed by atoms with van der Waals surface area (Å²) >= 11 is 0. The average molecular weight is 316 g/mol. The Kier molecular flexibility index (Phi) is 4.07. The van der Waals surface area contributed by atoms with Gasteiger partial charge in [0.1, 0.15) is 0 Å². The Hall–Kier alpha value is -2.37. The van der Waals surface area contributed by atoms with Crippen LogP contribution in [0.3, 0.4) is 0 Å². The summed E-state index contributed by atoms with van der Waals surface area (Å²) in [5.74, 6) is -2.26. The van der Waals surface area contributed by atoms with Crippen molar-refractivity contribution in [1.82, 2.24) is 10.2 Å². The Balaban J connectivity index is 1.86. The molecule has 2 amide bonds. The lowest BCUT2D eigenvalue weighted by Crippen LogP contribution is -2.42. The molecule has 0 bridgehead atoms. The number of hydrogen-bond donors (Lipinski definition) is 2. The fraction of sp³-hybridized carbons (Fsp3) is 0.471. The Morgan fingerprint density at radius 2 is 1.96 bits per heavy atom. The zero-order valence-corrected chi connectivity index (χ0v) is 13.0. The third kappa shape index (κ3) is 3.06. The number of hydrogen-bond acceptors (Lipinski definition) is 3. The van der Waals surface area contributed by atoms with Gasteiger partial charge in [0.2, 0.25) is 11.8 Å². The van der Waals surface area contributed by atoms with Crippen molar-refractivity contribution in [3.05, 3.63) is 35.4 Å². The van der Waals surface area contributed by atoms with Crippen LogP contribution < -0.4 is 5.32 Å². The van der Waals surface area contributed by atoms with Gasteiger partial charge in [0.15, 0.2) is 0 Å². The fourth-order valence-corrected chi connectivity index (χ4v) is 3.52. The molecule has 23 heavy (non-hydrogen) atoms. The highest BCUT2D eigenvalue weighted by molar-refractivity contribution is 5.90. The molecule has 122 valence electrons. The molecule has 6 nitrogen and oxygen atoms in total. The lowest BCUT2D eigenvalue weighted by atomic mass is 10.0. The summed E-state index contributed by atoms with van der Waals surface area (Å²) in [6.45, 7) is 2.38. The van der Waals surface area contributed by atoms with Gasteiger partial charge in [-0.1, -0.05) is 29.8 Å². The van der Waals surface area contributed by atoms with E-state index in [1.54, 1.807) is 4.90 Å². The molecule has 1 aliphatic carbocycles. The van der Waals surface area contributed by atoms with Crippen LogP contribution in [0.2, 0.25) is 0 Å². The van der Waals surface area contributed by atoms with E-state index in [2.05, 4.69) is 5.32 Å². The minimum Gasteiger partial charge on any atom is -0.481 e. The van der Waals surface area contributed by atoms with Gasteiger partial charge in [0.05, 0.1) is 18.4 Å². The van der Waals surface area contributed by atoms with E-state index < -0.39 is 17.8 Å². The molecule has 1 aromatic carbocycles. The molecule has 2 N–H and O–H groups in total. The van der Waals surface area contributed by atoms with E-state index in [-0.39, 0.29) is 24.4 Å². The summed E-state index contributed by atoms with van der Waals surface area (Å²) in [6, 6.07) is 7.54. The lowest BCUT2D eigenvalue weighted by Gasteiger charge is -2.29. The molecule has 2 fully saturated rings. The van der Waals surface area contributed by atoms with E-state index >= 15 is 0 Å². The van der Waals surface area contributed by atoms with Crippen LogP contribution in [0.15, 0.2) is 24.3 Å². The van der Waals surface area contributed by atoms with Gasteiger partial charge in [-0.2, -0.15) is 0 Å². The molecule has 1 aliphatic heterocycles. The summed E-state index contributed by atoms with van der Waals surface area (Å²) in [6.07, 6.45) is 0.633. The van der Waals surface area contributed by atoms with Crippen molar-refractivity contribution in [2.24, 2.45) is 11.8 Å². The number of amides is 2. The van der Waals surface area contributed by atoms with Crippen LogP contribution >= 0.6 is 0 Å². The number of rotatable bonds is 3. The molecule has 2 aliphatic rings.